The second-order valence-electron chi connectivity index (χ2n) is 6.27. The number of benzene rings is 2. The Morgan fingerprint density at radius 1 is 0.926 bits per heavy atom. The summed E-state index contributed by atoms with van der Waals surface area (Å²) in [6.45, 7) is 3.33. The predicted octanol–water partition coefficient (Wildman–Crippen LogP) is 1.31. The zero-order chi connectivity index (χ0) is 20.0. The van der Waals surface area contributed by atoms with Gasteiger partial charge in [-0.25, -0.2) is 8.42 Å². The van der Waals surface area contributed by atoms with Crippen LogP contribution in [0, 0.1) is 13.8 Å². The first-order valence-corrected chi connectivity index (χ1v) is 9.79. The van der Waals surface area contributed by atoms with Crippen molar-refractivity contribution < 1.29 is 18.0 Å². The van der Waals surface area contributed by atoms with Crippen molar-refractivity contribution in [1.82, 2.24) is 15.2 Å². The average molecular weight is 389 g/mol. The fourth-order valence-corrected chi connectivity index (χ4v) is 3.51. The van der Waals surface area contributed by atoms with Gasteiger partial charge in [0.1, 0.15) is 0 Å². The molecule has 0 saturated carbocycles. The number of nitrogens with zero attached hydrogens (tertiary/aromatic N) is 1. The number of sulfonamides is 1. The van der Waals surface area contributed by atoms with E-state index in [-0.39, 0.29) is 17.2 Å². The first kappa shape index (κ1) is 20.6. The minimum Gasteiger partial charge on any atom is -0.273 e. The van der Waals surface area contributed by atoms with Crippen molar-refractivity contribution in [2.75, 3.05) is 13.6 Å². The lowest BCUT2D eigenvalue weighted by atomic mass is 10.1. The van der Waals surface area contributed by atoms with Crippen LogP contribution in [0.4, 0.5) is 0 Å². The lowest BCUT2D eigenvalue weighted by Crippen LogP contribution is -2.47. The van der Waals surface area contributed by atoms with Crippen LogP contribution in [0.5, 0.6) is 0 Å². The molecule has 2 N–H and O–H groups in total. The van der Waals surface area contributed by atoms with Gasteiger partial charge in [-0.05, 0) is 37.1 Å². The van der Waals surface area contributed by atoms with Crippen LogP contribution in [0.1, 0.15) is 16.7 Å². The van der Waals surface area contributed by atoms with Gasteiger partial charge in [0.2, 0.25) is 15.9 Å². The van der Waals surface area contributed by atoms with Gasteiger partial charge in [-0.2, -0.15) is 4.31 Å². The maximum atomic E-state index is 12.5. The summed E-state index contributed by atoms with van der Waals surface area (Å²) >= 11 is 0. The lowest BCUT2D eigenvalue weighted by molar-refractivity contribution is -0.128. The first-order chi connectivity index (χ1) is 12.7. The molecule has 0 aliphatic heterocycles. The summed E-state index contributed by atoms with van der Waals surface area (Å²) in [5.41, 5.74) is 7.30. The van der Waals surface area contributed by atoms with Crippen LogP contribution in [0.25, 0.3) is 0 Å². The molecule has 0 aromatic heterocycles. The van der Waals surface area contributed by atoms with E-state index in [4.69, 9.17) is 0 Å². The molecule has 7 nitrogen and oxygen atoms in total. The number of hydrogen-bond acceptors (Lipinski definition) is 4. The minimum atomic E-state index is -3.78. The number of nitrogens with one attached hydrogen (secondary N) is 2. The molecule has 144 valence electrons. The van der Waals surface area contributed by atoms with E-state index in [1.165, 1.54) is 19.2 Å². The molecule has 0 radical (unpaired) electrons. The zero-order valence-electron chi connectivity index (χ0n) is 15.5. The molecular formula is C19H23N3O4S. The Labute approximate surface area is 159 Å². The summed E-state index contributed by atoms with van der Waals surface area (Å²) in [6, 6.07) is 13.8. The number of likely N-dealkylation sites (N-methyl/N-ethyl adjacent to an activating group) is 1. The second kappa shape index (κ2) is 8.79. The molecule has 0 unspecified atom stereocenters. The summed E-state index contributed by atoms with van der Waals surface area (Å²) in [7, 11) is -2.47. The number of aryl methyl sites for hydroxylation is 2. The molecule has 2 aromatic carbocycles. The summed E-state index contributed by atoms with van der Waals surface area (Å²) in [4.78, 5) is 24.0. The summed E-state index contributed by atoms with van der Waals surface area (Å²) in [6.07, 6.45) is 0.116. The Morgan fingerprint density at radius 3 is 2.15 bits per heavy atom. The van der Waals surface area contributed by atoms with Crippen LogP contribution in [0.2, 0.25) is 0 Å². The van der Waals surface area contributed by atoms with Gasteiger partial charge in [0, 0.05) is 7.05 Å². The number of carbonyl (C=O) groups excluding carboxylic acids is 2. The topological polar surface area (TPSA) is 95.6 Å². The van der Waals surface area contributed by atoms with Crippen LogP contribution in [0.15, 0.2) is 53.4 Å². The van der Waals surface area contributed by atoms with Crippen molar-refractivity contribution in [3.8, 4) is 0 Å². The van der Waals surface area contributed by atoms with E-state index in [0.717, 1.165) is 21.0 Å². The highest BCUT2D eigenvalue weighted by atomic mass is 32.2. The zero-order valence-corrected chi connectivity index (χ0v) is 16.3. The predicted molar refractivity (Wildman–Crippen MR) is 102 cm³/mol. The Bertz CT molecular complexity index is 924. The maximum Gasteiger partial charge on any atom is 0.253 e. The van der Waals surface area contributed by atoms with Gasteiger partial charge in [-0.15, -0.1) is 0 Å². The van der Waals surface area contributed by atoms with Crippen molar-refractivity contribution in [2.24, 2.45) is 0 Å². The number of hydrogen-bond donors (Lipinski definition) is 2. The van der Waals surface area contributed by atoms with E-state index in [2.05, 4.69) is 10.9 Å². The highest BCUT2D eigenvalue weighted by molar-refractivity contribution is 7.89. The molecule has 0 atom stereocenters. The third kappa shape index (κ3) is 5.63. The number of amides is 2. The van der Waals surface area contributed by atoms with Crippen LogP contribution in [-0.2, 0) is 26.0 Å². The molecule has 0 bridgehead atoms. The van der Waals surface area contributed by atoms with E-state index in [0.29, 0.717) is 0 Å². The van der Waals surface area contributed by atoms with E-state index < -0.39 is 22.5 Å². The smallest absolute Gasteiger partial charge is 0.253 e. The largest absolute Gasteiger partial charge is 0.273 e. The average Bonchev–Trinajstić information content (AvgIpc) is 2.62. The number of carbonyl (C=O) groups is 2. The number of rotatable bonds is 6. The molecule has 2 amide bonds. The molecule has 0 spiro atoms. The summed E-state index contributed by atoms with van der Waals surface area (Å²) in [5.74, 6) is -1.02. The lowest BCUT2D eigenvalue weighted by Gasteiger charge is -2.17. The summed E-state index contributed by atoms with van der Waals surface area (Å²) < 4.78 is 25.8. The monoisotopic (exact) mass is 389 g/mol. The molecule has 2 rings (SSSR count). The Hall–Kier alpha value is -2.71. The highest BCUT2D eigenvalue weighted by Gasteiger charge is 2.23. The van der Waals surface area contributed by atoms with Gasteiger partial charge < -0.3 is 0 Å². The first-order valence-electron chi connectivity index (χ1n) is 8.35. The van der Waals surface area contributed by atoms with Gasteiger partial charge in [-0.3, -0.25) is 20.4 Å². The molecule has 8 heteroatoms. The summed E-state index contributed by atoms with van der Waals surface area (Å²) in [5, 5.41) is 0. The standard InChI is InChI=1S/C19H23N3O4S/c1-14-8-10-17(11-9-14)27(25,26)22(3)13-19(24)21-20-18(23)12-16-7-5-4-6-15(16)2/h4-11H,12-13H2,1-3H3,(H,20,23)(H,21,24). The molecule has 0 heterocycles. The minimum absolute atomic E-state index is 0.104. The second-order valence-corrected chi connectivity index (χ2v) is 8.32. The van der Waals surface area contributed by atoms with Crippen molar-refractivity contribution in [3.05, 3.63) is 65.2 Å². The van der Waals surface area contributed by atoms with Crippen LogP contribution in [-0.4, -0.2) is 38.1 Å². The Morgan fingerprint density at radius 2 is 1.52 bits per heavy atom. The van der Waals surface area contributed by atoms with Crippen molar-refractivity contribution in [2.45, 2.75) is 25.2 Å². The normalized spacial score (nSPS) is 11.3. The fourth-order valence-electron chi connectivity index (χ4n) is 2.38. The highest BCUT2D eigenvalue weighted by Crippen LogP contribution is 2.14. The SMILES string of the molecule is Cc1ccc(S(=O)(=O)N(C)CC(=O)NNC(=O)Cc2ccccc2C)cc1. The number of hydrazine groups is 1. The molecule has 0 aliphatic rings. The molecule has 2 aromatic rings. The molecule has 0 saturated heterocycles. The molecule has 0 aliphatic carbocycles. The van der Waals surface area contributed by atoms with Gasteiger partial charge in [0.05, 0.1) is 17.9 Å². The Balaban J connectivity index is 1.88. The van der Waals surface area contributed by atoms with Gasteiger partial charge in [-0.1, -0.05) is 42.0 Å². The maximum absolute atomic E-state index is 12.5. The van der Waals surface area contributed by atoms with Gasteiger partial charge in [0.15, 0.2) is 0 Å². The fraction of sp³-hybridized carbons (Fsp3) is 0.263. The third-order valence-electron chi connectivity index (χ3n) is 4.05. The van der Waals surface area contributed by atoms with Crippen LogP contribution in [0.3, 0.4) is 0 Å². The Kier molecular flexibility index (Phi) is 6.70. The molecule has 27 heavy (non-hydrogen) atoms. The van der Waals surface area contributed by atoms with Gasteiger partial charge >= 0.3 is 0 Å². The van der Waals surface area contributed by atoms with Crippen molar-refractivity contribution in [1.29, 1.82) is 0 Å². The van der Waals surface area contributed by atoms with E-state index >= 15 is 0 Å². The molecule has 0 fully saturated rings. The van der Waals surface area contributed by atoms with Crippen LogP contribution < -0.4 is 10.9 Å². The van der Waals surface area contributed by atoms with E-state index in [9.17, 15) is 18.0 Å². The quantitative estimate of drug-likeness (QED) is 0.729. The van der Waals surface area contributed by atoms with Crippen LogP contribution >= 0.6 is 0 Å². The van der Waals surface area contributed by atoms with Crippen molar-refractivity contribution >= 4 is 21.8 Å². The van der Waals surface area contributed by atoms with E-state index in [1.807, 2.05) is 38.1 Å². The molecular weight excluding hydrogens is 366 g/mol. The van der Waals surface area contributed by atoms with Gasteiger partial charge in [0.25, 0.3) is 5.91 Å². The third-order valence-corrected chi connectivity index (χ3v) is 5.87. The van der Waals surface area contributed by atoms with Crippen molar-refractivity contribution in [3.63, 3.8) is 0 Å². The van der Waals surface area contributed by atoms with E-state index in [1.54, 1.807) is 12.1 Å².